The SMILES string of the molecule is COc1ccccc1-n1c(C(C)N(C)S(=O)(=O)c2ccc(Cl)cc2)nc2ccccc2c1=O. The Morgan fingerprint density at radius 2 is 1.64 bits per heavy atom. The van der Waals surface area contributed by atoms with Crippen molar-refractivity contribution in [2.45, 2.75) is 17.9 Å². The van der Waals surface area contributed by atoms with Crippen LogP contribution in [0, 0.1) is 0 Å². The second-order valence-corrected chi connectivity index (χ2v) is 9.88. The molecule has 3 aromatic carbocycles. The third kappa shape index (κ3) is 4.13. The van der Waals surface area contributed by atoms with E-state index in [1.165, 1.54) is 47.3 Å². The van der Waals surface area contributed by atoms with Crippen molar-refractivity contribution < 1.29 is 13.2 Å². The topological polar surface area (TPSA) is 81.5 Å². The molecule has 4 rings (SSSR count). The molecule has 9 heteroatoms. The average molecular weight is 484 g/mol. The second-order valence-electron chi connectivity index (χ2n) is 7.45. The number of sulfonamides is 1. The maximum atomic E-state index is 13.6. The zero-order chi connectivity index (χ0) is 23.8. The number of ether oxygens (including phenoxy) is 1. The Kier molecular flexibility index (Phi) is 6.25. The van der Waals surface area contributed by atoms with E-state index in [0.29, 0.717) is 27.4 Å². The number of methoxy groups -OCH3 is 1. The summed E-state index contributed by atoms with van der Waals surface area (Å²) in [7, 11) is -0.923. The van der Waals surface area contributed by atoms with Crippen molar-refractivity contribution in [1.82, 2.24) is 13.9 Å². The Balaban J connectivity index is 1.94. The average Bonchev–Trinajstić information content (AvgIpc) is 2.83. The molecule has 1 aromatic heterocycles. The number of hydrogen-bond donors (Lipinski definition) is 0. The van der Waals surface area contributed by atoms with Crippen LogP contribution in [0.1, 0.15) is 18.8 Å². The van der Waals surface area contributed by atoms with Crippen LogP contribution in [0.25, 0.3) is 16.6 Å². The van der Waals surface area contributed by atoms with Crippen LogP contribution >= 0.6 is 11.6 Å². The summed E-state index contributed by atoms with van der Waals surface area (Å²) in [5.41, 5.74) is 0.638. The summed E-state index contributed by atoms with van der Waals surface area (Å²) >= 11 is 5.92. The van der Waals surface area contributed by atoms with Gasteiger partial charge in [-0.1, -0.05) is 35.9 Å². The summed E-state index contributed by atoms with van der Waals surface area (Å²) in [5.74, 6) is 0.733. The number of halogens is 1. The summed E-state index contributed by atoms with van der Waals surface area (Å²) in [6, 6.07) is 19.2. The van der Waals surface area contributed by atoms with Gasteiger partial charge in [0.05, 0.1) is 34.6 Å². The molecule has 0 aliphatic rings. The van der Waals surface area contributed by atoms with Gasteiger partial charge in [0.15, 0.2) is 0 Å². The van der Waals surface area contributed by atoms with Crippen molar-refractivity contribution in [3.05, 3.63) is 94.0 Å². The van der Waals surface area contributed by atoms with Crippen molar-refractivity contribution in [3.8, 4) is 11.4 Å². The fraction of sp³-hybridized carbons (Fsp3) is 0.167. The maximum Gasteiger partial charge on any atom is 0.266 e. The fourth-order valence-corrected chi connectivity index (χ4v) is 5.07. The Labute approximate surface area is 196 Å². The summed E-state index contributed by atoms with van der Waals surface area (Å²) in [6.07, 6.45) is 0. The first-order valence-electron chi connectivity index (χ1n) is 10.1. The number of benzene rings is 3. The summed E-state index contributed by atoms with van der Waals surface area (Å²) in [6.45, 7) is 1.69. The first-order valence-corrected chi connectivity index (χ1v) is 12.0. The van der Waals surface area contributed by atoms with E-state index in [9.17, 15) is 13.2 Å². The second kappa shape index (κ2) is 8.97. The minimum absolute atomic E-state index is 0.0910. The van der Waals surface area contributed by atoms with E-state index in [4.69, 9.17) is 21.3 Å². The first-order chi connectivity index (χ1) is 15.8. The van der Waals surface area contributed by atoms with Gasteiger partial charge in [0.25, 0.3) is 5.56 Å². The quantitative estimate of drug-likeness (QED) is 0.405. The lowest BCUT2D eigenvalue weighted by molar-refractivity contribution is 0.376. The summed E-state index contributed by atoms with van der Waals surface area (Å²) < 4.78 is 34.7. The molecule has 170 valence electrons. The Hall–Kier alpha value is -3.20. The van der Waals surface area contributed by atoms with Crippen molar-refractivity contribution in [3.63, 3.8) is 0 Å². The highest BCUT2D eigenvalue weighted by molar-refractivity contribution is 7.89. The lowest BCUT2D eigenvalue weighted by Gasteiger charge is -2.27. The minimum Gasteiger partial charge on any atom is -0.495 e. The molecule has 1 heterocycles. The predicted octanol–water partition coefficient (Wildman–Crippen LogP) is 4.43. The molecule has 0 bridgehead atoms. The summed E-state index contributed by atoms with van der Waals surface area (Å²) in [4.78, 5) is 18.4. The van der Waals surface area contributed by atoms with Crippen LogP contribution in [0.3, 0.4) is 0 Å². The van der Waals surface area contributed by atoms with Gasteiger partial charge in [-0.3, -0.25) is 9.36 Å². The smallest absolute Gasteiger partial charge is 0.266 e. The monoisotopic (exact) mass is 483 g/mol. The number of aromatic nitrogens is 2. The first kappa shape index (κ1) is 23.0. The molecule has 1 unspecified atom stereocenters. The van der Waals surface area contributed by atoms with E-state index in [-0.39, 0.29) is 16.3 Å². The maximum absolute atomic E-state index is 13.6. The van der Waals surface area contributed by atoms with Crippen LogP contribution in [-0.2, 0) is 10.0 Å². The van der Waals surface area contributed by atoms with Crippen LogP contribution in [0.2, 0.25) is 5.02 Å². The van der Waals surface area contributed by atoms with Crippen molar-refractivity contribution in [2.24, 2.45) is 0 Å². The van der Waals surface area contributed by atoms with Crippen molar-refractivity contribution >= 4 is 32.5 Å². The molecule has 0 radical (unpaired) electrons. The standard InChI is InChI=1S/C24H22ClN3O4S/c1-16(27(2)33(30,31)18-14-12-17(25)13-15-18)23-26-20-9-5-4-8-19(20)24(29)28(23)21-10-6-7-11-22(21)32-3/h4-16H,1-3H3. The number of para-hydroxylation sites is 3. The van der Waals surface area contributed by atoms with E-state index >= 15 is 0 Å². The van der Waals surface area contributed by atoms with Gasteiger partial charge in [-0.05, 0) is 55.5 Å². The van der Waals surface area contributed by atoms with E-state index in [1.54, 1.807) is 55.5 Å². The molecule has 0 fully saturated rings. The minimum atomic E-state index is -3.90. The van der Waals surface area contributed by atoms with Gasteiger partial charge in [-0.15, -0.1) is 0 Å². The largest absolute Gasteiger partial charge is 0.495 e. The Bertz CT molecular complexity index is 1480. The van der Waals surface area contributed by atoms with Gasteiger partial charge in [0.2, 0.25) is 10.0 Å². The van der Waals surface area contributed by atoms with Gasteiger partial charge >= 0.3 is 0 Å². The summed E-state index contributed by atoms with van der Waals surface area (Å²) in [5, 5.41) is 0.855. The molecule has 4 aromatic rings. The van der Waals surface area contributed by atoms with Crippen molar-refractivity contribution in [2.75, 3.05) is 14.2 Å². The van der Waals surface area contributed by atoms with Crippen LogP contribution < -0.4 is 10.3 Å². The van der Waals surface area contributed by atoms with E-state index in [1.807, 2.05) is 0 Å². The molecule has 0 amide bonds. The molecule has 0 aliphatic heterocycles. The molecule has 7 nitrogen and oxygen atoms in total. The van der Waals surface area contributed by atoms with Gasteiger partial charge in [0, 0.05) is 12.1 Å². The normalized spacial score (nSPS) is 12.8. The molecule has 0 saturated carbocycles. The highest BCUT2D eigenvalue weighted by Gasteiger charge is 2.30. The van der Waals surface area contributed by atoms with Crippen LogP contribution in [0.15, 0.2) is 82.5 Å². The molecule has 0 saturated heterocycles. The molecule has 1 atom stereocenters. The van der Waals surface area contributed by atoms with Gasteiger partial charge in [-0.25, -0.2) is 13.4 Å². The zero-order valence-corrected chi connectivity index (χ0v) is 19.8. The molecular weight excluding hydrogens is 462 g/mol. The molecule has 33 heavy (non-hydrogen) atoms. The van der Waals surface area contributed by atoms with Crippen molar-refractivity contribution in [1.29, 1.82) is 0 Å². The highest BCUT2D eigenvalue weighted by Crippen LogP contribution is 2.30. The lowest BCUT2D eigenvalue weighted by Crippen LogP contribution is -2.35. The fourth-order valence-electron chi connectivity index (χ4n) is 3.62. The molecule has 0 N–H and O–H groups in total. The third-order valence-electron chi connectivity index (χ3n) is 5.54. The number of rotatable bonds is 6. The van der Waals surface area contributed by atoms with Gasteiger partial charge in [-0.2, -0.15) is 4.31 Å². The van der Waals surface area contributed by atoms with Crippen LogP contribution in [-0.4, -0.2) is 36.4 Å². The third-order valence-corrected chi connectivity index (χ3v) is 7.73. The highest BCUT2D eigenvalue weighted by atomic mass is 35.5. The molecular formula is C24H22ClN3O4S. The number of fused-ring (bicyclic) bond motifs is 1. The number of nitrogens with zero attached hydrogens (tertiary/aromatic N) is 3. The van der Waals surface area contributed by atoms with Crippen LogP contribution in [0.4, 0.5) is 0 Å². The lowest BCUT2D eigenvalue weighted by atomic mass is 10.2. The zero-order valence-electron chi connectivity index (χ0n) is 18.3. The Morgan fingerprint density at radius 1 is 1.00 bits per heavy atom. The van der Waals surface area contributed by atoms with Gasteiger partial charge < -0.3 is 4.74 Å². The van der Waals surface area contributed by atoms with E-state index in [2.05, 4.69) is 0 Å². The van der Waals surface area contributed by atoms with E-state index < -0.39 is 16.1 Å². The number of hydrogen-bond acceptors (Lipinski definition) is 5. The van der Waals surface area contributed by atoms with E-state index in [0.717, 1.165) is 0 Å². The van der Waals surface area contributed by atoms with Crippen LogP contribution in [0.5, 0.6) is 5.75 Å². The predicted molar refractivity (Wildman–Crippen MR) is 129 cm³/mol. The molecule has 0 aliphatic carbocycles. The van der Waals surface area contributed by atoms with Gasteiger partial charge in [0.1, 0.15) is 11.6 Å². The Morgan fingerprint density at radius 3 is 2.33 bits per heavy atom. The molecule has 0 spiro atoms.